The van der Waals surface area contributed by atoms with Crippen molar-refractivity contribution in [3.05, 3.63) is 52.5 Å². The number of para-hydroxylation sites is 1. The van der Waals surface area contributed by atoms with Crippen LogP contribution in [0.1, 0.15) is 10.6 Å². The first kappa shape index (κ1) is 18.8. The van der Waals surface area contributed by atoms with Crippen LogP contribution in [0.25, 0.3) is 16.3 Å². The number of ether oxygens (including phenoxy) is 1. The lowest BCUT2D eigenvalue weighted by molar-refractivity contribution is -0.114. The molecule has 1 aromatic heterocycles. The Morgan fingerprint density at radius 1 is 1.44 bits per heavy atom. The fraction of sp³-hybridized carbons (Fsp3) is 0.105. The fourth-order valence-corrected chi connectivity index (χ4v) is 4.37. The summed E-state index contributed by atoms with van der Waals surface area (Å²) in [5, 5.41) is 20.3. The number of carbonyl (C=O) groups excluding carboxylic acids is 1. The van der Waals surface area contributed by atoms with E-state index in [-0.39, 0.29) is 17.1 Å². The second kappa shape index (κ2) is 8.12. The molecule has 1 heterocycles. The summed E-state index contributed by atoms with van der Waals surface area (Å²) in [4.78, 5) is 16.4. The zero-order chi connectivity index (χ0) is 19.4. The van der Waals surface area contributed by atoms with Crippen molar-refractivity contribution in [3.63, 3.8) is 0 Å². The molecule has 0 spiro atoms. The fourth-order valence-electron chi connectivity index (χ4n) is 2.40. The van der Waals surface area contributed by atoms with E-state index in [1.807, 2.05) is 24.3 Å². The zero-order valence-electron chi connectivity index (χ0n) is 14.3. The number of primary amides is 1. The van der Waals surface area contributed by atoms with Crippen molar-refractivity contribution >= 4 is 45.3 Å². The van der Waals surface area contributed by atoms with E-state index >= 15 is 0 Å². The zero-order valence-corrected chi connectivity index (χ0v) is 15.9. The third kappa shape index (κ3) is 4.22. The highest BCUT2D eigenvalue weighted by Gasteiger charge is 2.13. The quantitative estimate of drug-likeness (QED) is 0.373. The molecule has 0 bridgehead atoms. The Kier molecular flexibility index (Phi) is 5.64. The van der Waals surface area contributed by atoms with Crippen LogP contribution < -0.4 is 10.5 Å². The highest BCUT2D eigenvalue weighted by atomic mass is 32.2. The number of thiazole rings is 1. The number of benzene rings is 2. The number of aromatic hydroxyl groups is 1. The van der Waals surface area contributed by atoms with Gasteiger partial charge in [-0.3, -0.25) is 4.79 Å². The molecule has 136 valence electrons. The molecule has 1 amide bonds. The number of phenolic OH excluding ortho intramolecular Hbond substituents is 1. The average molecular weight is 397 g/mol. The van der Waals surface area contributed by atoms with Crippen molar-refractivity contribution in [2.75, 3.05) is 7.11 Å². The molecule has 0 atom stereocenters. The normalized spacial score (nSPS) is 11.3. The van der Waals surface area contributed by atoms with Crippen LogP contribution in [0.15, 0.2) is 46.9 Å². The predicted molar refractivity (Wildman–Crippen MR) is 107 cm³/mol. The number of hydrogen-bond donors (Lipinski definition) is 2. The summed E-state index contributed by atoms with van der Waals surface area (Å²) in [6.45, 7) is 0. The number of carbonyl (C=O) groups is 1. The first-order chi connectivity index (χ1) is 13.0. The van der Waals surface area contributed by atoms with Crippen molar-refractivity contribution in [1.82, 2.24) is 4.98 Å². The van der Waals surface area contributed by atoms with Crippen LogP contribution in [-0.2, 0) is 10.5 Å². The first-order valence-electron chi connectivity index (χ1n) is 7.81. The van der Waals surface area contributed by atoms with Crippen molar-refractivity contribution in [3.8, 4) is 17.6 Å². The number of aromatic nitrogens is 1. The lowest BCUT2D eigenvalue weighted by Gasteiger charge is -2.10. The van der Waals surface area contributed by atoms with E-state index in [0.29, 0.717) is 16.2 Å². The molecule has 3 rings (SSSR count). The number of nitrogens with zero attached hydrogens (tertiary/aromatic N) is 2. The van der Waals surface area contributed by atoms with Gasteiger partial charge in [0.25, 0.3) is 5.91 Å². The minimum absolute atomic E-state index is 0.00153. The van der Waals surface area contributed by atoms with Gasteiger partial charge in [0.2, 0.25) is 0 Å². The smallest absolute Gasteiger partial charge is 0.259 e. The van der Waals surface area contributed by atoms with Gasteiger partial charge < -0.3 is 15.6 Å². The largest absolute Gasteiger partial charge is 0.503 e. The molecule has 0 fully saturated rings. The Morgan fingerprint density at radius 3 is 2.89 bits per heavy atom. The molecule has 2 aromatic carbocycles. The molecular weight excluding hydrogens is 382 g/mol. The Morgan fingerprint density at radius 2 is 2.22 bits per heavy atom. The lowest BCUT2D eigenvalue weighted by atomic mass is 10.1. The Balaban J connectivity index is 1.90. The van der Waals surface area contributed by atoms with Crippen molar-refractivity contribution in [2.24, 2.45) is 5.73 Å². The number of phenols is 1. The Bertz CT molecular complexity index is 1050. The van der Waals surface area contributed by atoms with E-state index in [0.717, 1.165) is 15.2 Å². The number of nitriles is 1. The molecule has 8 heteroatoms. The van der Waals surface area contributed by atoms with Crippen molar-refractivity contribution in [1.29, 1.82) is 5.26 Å². The maximum Gasteiger partial charge on any atom is 0.259 e. The molecule has 0 radical (unpaired) electrons. The highest BCUT2D eigenvalue weighted by molar-refractivity contribution is 7.98. The summed E-state index contributed by atoms with van der Waals surface area (Å²) >= 11 is 2.99. The molecule has 0 saturated heterocycles. The number of rotatable bonds is 6. The second-order valence-electron chi connectivity index (χ2n) is 5.47. The van der Waals surface area contributed by atoms with Gasteiger partial charge in [-0.15, -0.1) is 23.1 Å². The van der Waals surface area contributed by atoms with Gasteiger partial charge in [-0.25, -0.2) is 4.98 Å². The molecule has 0 aliphatic rings. The molecular formula is C19H15N3O3S2. The van der Waals surface area contributed by atoms with Crippen LogP contribution >= 0.6 is 23.1 Å². The van der Waals surface area contributed by atoms with Crippen LogP contribution in [0.2, 0.25) is 0 Å². The van der Waals surface area contributed by atoms with Crippen LogP contribution in [0.3, 0.4) is 0 Å². The monoisotopic (exact) mass is 397 g/mol. The van der Waals surface area contributed by atoms with Gasteiger partial charge >= 0.3 is 0 Å². The van der Waals surface area contributed by atoms with E-state index in [1.165, 1.54) is 31.0 Å². The van der Waals surface area contributed by atoms with Gasteiger partial charge in [-0.2, -0.15) is 5.26 Å². The SMILES string of the molecule is COc1cc(/C=C(/C#N)C(N)=O)cc(SCc2nc3ccccc3s2)c1O. The molecule has 0 aliphatic heterocycles. The third-order valence-corrected chi connectivity index (χ3v) is 5.93. The van der Waals surface area contributed by atoms with E-state index in [2.05, 4.69) is 4.98 Å². The molecule has 3 N–H and O–H groups in total. The van der Waals surface area contributed by atoms with Gasteiger partial charge in [0.15, 0.2) is 11.5 Å². The topological polar surface area (TPSA) is 109 Å². The van der Waals surface area contributed by atoms with Gasteiger partial charge in [0, 0.05) is 0 Å². The van der Waals surface area contributed by atoms with Crippen LogP contribution in [0.5, 0.6) is 11.5 Å². The van der Waals surface area contributed by atoms with E-state index in [9.17, 15) is 9.90 Å². The number of methoxy groups -OCH3 is 1. The summed E-state index contributed by atoms with van der Waals surface area (Å²) in [5.41, 5.74) is 6.48. The van der Waals surface area contributed by atoms with Gasteiger partial charge in [-0.1, -0.05) is 12.1 Å². The molecule has 0 unspecified atom stereocenters. The standard InChI is InChI=1S/C19H15N3O3S2/c1-25-14-7-11(6-12(9-20)19(21)24)8-16(18(14)23)26-10-17-22-13-4-2-3-5-15(13)27-17/h2-8,23H,10H2,1H3,(H2,21,24)/b12-6-. The number of fused-ring (bicyclic) bond motifs is 1. The van der Waals surface area contributed by atoms with Crippen LogP contribution in [0, 0.1) is 11.3 Å². The first-order valence-corrected chi connectivity index (χ1v) is 9.62. The van der Waals surface area contributed by atoms with Gasteiger partial charge in [0.05, 0.1) is 28.0 Å². The summed E-state index contributed by atoms with van der Waals surface area (Å²) in [6.07, 6.45) is 1.37. The molecule has 0 aliphatic carbocycles. The van der Waals surface area contributed by atoms with Crippen LogP contribution in [-0.4, -0.2) is 23.1 Å². The third-order valence-electron chi connectivity index (χ3n) is 3.67. The maximum absolute atomic E-state index is 11.3. The Hall–Kier alpha value is -3.02. The number of amides is 1. The maximum atomic E-state index is 11.3. The molecule has 6 nitrogen and oxygen atoms in total. The van der Waals surface area contributed by atoms with Gasteiger partial charge in [0.1, 0.15) is 16.6 Å². The van der Waals surface area contributed by atoms with E-state index in [1.54, 1.807) is 23.5 Å². The molecule has 3 aromatic rings. The molecule has 0 saturated carbocycles. The van der Waals surface area contributed by atoms with Crippen molar-refractivity contribution < 1.29 is 14.6 Å². The summed E-state index contributed by atoms with van der Waals surface area (Å²) in [5.74, 6) is -0.00618. The summed E-state index contributed by atoms with van der Waals surface area (Å²) in [6, 6.07) is 12.9. The minimum Gasteiger partial charge on any atom is -0.503 e. The van der Waals surface area contributed by atoms with E-state index in [4.69, 9.17) is 15.7 Å². The van der Waals surface area contributed by atoms with E-state index < -0.39 is 5.91 Å². The minimum atomic E-state index is -0.812. The van der Waals surface area contributed by atoms with Crippen LogP contribution in [0.4, 0.5) is 0 Å². The number of hydrogen-bond acceptors (Lipinski definition) is 7. The summed E-state index contributed by atoms with van der Waals surface area (Å²) in [7, 11) is 1.43. The van der Waals surface area contributed by atoms with Crippen molar-refractivity contribution in [2.45, 2.75) is 10.6 Å². The lowest BCUT2D eigenvalue weighted by Crippen LogP contribution is -2.12. The second-order valence-corrected chi connectivity index (χ2v) is 7.60. The van der Waals surface area contributed by atoms with Gasteiger partial charge in [-0.05, 0) is 35.9 Å². The average Bonchev–Trinajstić information content (AvgIpc) is 3.08. The summed E-state index contributed by atoms with van der Waals surface area (Å²) < 4.78 is 6.30. The highest BCUT2D eigenvalue weighted by Crippen LogP contribution is 2.40. The molecule has 27 heavy (non-hydrogen) atoms. The Labute approximate surface area is 163 Å². The number of thioether (sulfide) groups is 1. The number of nitrogens with two attached hydrogens (primary N) is 1. The predicted octanol–water partition coefficient (Wildman–Crippen LogP) is 3.70.